The predicted octanol–water partition coefficient (Wildman–Crippen LogP) is 4.39. The van der Waals surface area contributed by atoms with Crippen LogP contribution in [0.1, 0.15) is 37.6 Å². The predicted molar refractivity (Wildman–Crippen MR) is 146 cm³/mol. The van der Waals surface area contributed by atoms with Crippen LogP contribution in [0.4, 0.5) is 10.5 Å². The van der Waals surface area contributed by atoms with Crippen molar-refractivity contribution in [2.45, 2.75) is 68.4 Å². The average molecular weight is 598 g/mol. The molecule has 37 heavy (non-hydrogen) atoms. The van der Waals surface area contributed by atoms with Gasteiger partial charge in [0.2, 0.25) is 3.79 Å². The van der Waals surface area contributed by atoms with E-state index in [0.717, 1.165) is 0 Å². The maximum absolute atomic E-state index is 13.9. The van der Waals surface area contributed by atoms with E-state index >= 15 is 0 Å². The Labute approximate surface area is 234 Å². The number of aliphatic hydroxyl groups excluding tert-OH is 1. The van der Waals surface area contributed by atoms with Crippen LogP contribution in [0.25, 0.3) is 0 Å². The van der Waals surface area contributed by atoms with Crippen molar-refractivity contribution in [1.29, 1.82) is 0 Å². The summed E-state index contributed by atoms with van der Waals surface area (Å²) in [5.74, 6) is 0.284. The summed E-state index contributed by atoms with van der Waals surface area (Å²) in [6, 6.07) is 1.81. The van der Waals surface area contributed by atoms with E-state index in [1.807, 2.05) is 33.9 Å². The summed E-state index contributed by atoms with van der Waals surface area (Å²) < 4.78 is 21.2. The van der Waals surface area contributed by atoms with Gasteiger partial charge in [-0.05, 0) is 31.0 Å². The van der Waals surface area contributed by atoms with Gasteiger partial charge in [0.05, 0.1) is 49.8 Å². The van der Waals surface area contributed by atoms with Gasteiger partial charge in [-0.1, -0.05) is 55.6 Å². The van der Waals surface area contributed by atoms with Gasteiger partial charge < -0.3 is 28.6 Å². The van der Waals surface area contributed by atoms with Gasteiger partial charge >= 0.3 is 6.09 Å². The summed E-state index contributed by atoms with van der Waals surface area (Å²) in [5, 5.41) is 10.7. The number of anilines is 1. The molecule has 208 valence electrons. The van der Waals surface area contributed by atoms with E-state index in [9.17, 15) is 14.7 Å². The molecule has 0 bridgehead atoms. The lowest BCUT2D eigenvalue weighted by Crippen LogP contribution is -2.61. The van der Waals surface area contributed by atoms with E-state index in [0.29, 0.717) is 11.5 Å². The van der Waals surface area contributed by atoms with Gasteiger partial charge in [0.25, 0.3) is 5.91 Å². The minimum Gasteiger partial charge on any atom is -0.493 e. The van der Waals surface area contributed by atoms with Gasteiger partial charge in [-0.2, -0.15) is 0 Å². The van der Waals surface area contributed by atoms with Crippen LogP contribution in [0, 0.1) is 5.41 Å². The molecule has 9 nitrogen and oxygen atoms in total. The molecule has 1 saturated heterocycles. The van der Waals surface area contributed by atoms with Gasteiger partial charge in [-0.25, -0.2) is 4.79 Å². The molecule has 4 atom stereocenters. The highest BCUT2D eigenvalue weighted by Crippen LogP contribution is 2.45. The Hall–Kier alpha value is -1.43. The first-order valence-corrected chi connectivity index (χ1v) is 15.9. The van der Waals surface area contributed by atoms with Crippen molar-refractivity contribution in [3.8, 4) is 11.5 Å². The van der Waals surface area contributed by atoms with Crippen LogP contribution in [0.3, 0.4) is 0 Å². The molecule has 0 saturated carbocycles. The van der Waals surface area contributed by atoms with E-state index in [-0.39, 0.29) is 30.1 Å². The molecule has 0 aromatic heterocycles. The number of methoxy groups -OCH3 is 2. The molecule has 2 heterocycles. The van der Waals surface area contributed by atoms with Gasteiger partial charge in [0, 0.05) is 12.6 Å². The Kier molecular flexibility index (Phi) is 9.24. The quantitative estimate of drug-likeness (QED) is 0.384. The number of carbonyl (C=O) groups excluding carboxylic acids is 2. The number of hydrogen-bond acceptors (Lipinski definition) is 7. The summed E-state index contributed by atoms with van der Waals surface area (Å²) in [6.45, 7) is 9.71. The normalized spacial score (nSPS) is 22.9. The van der Waals surface area contributed by atoms with Crippen molar-refractivity contribution >= 4 is 61.5 Å². The molecule has 2 amide bonds. The zero-order valence-electron chi connectivity index (χ0n) is 22.1. The molecular weight excluding hydrogens is 563 g/mol. The topological polar surface area (TPSA) is 97.8 Å². The zero-order chi connectivity index (χ0) is 27.9. The lowest BCUT2D eigenvalue weighted by Gasteiger charge is -2.46. The van der Waals surface area contributed by atoms with Crippen LogP contribution >= 0.6 is 34.8 Å². The molecule has 1 unspecified atom stereocenters. The monoisotopic (exact) mass is 596 g/mol. The van der Waals surface area contributed by atoms with Crippen LogP contribution < -0.4 is 14.4 Å². The number of nitrogens with zero attached hydrogens (tertiary/aromatic N) is 2. The first kappa shape index (κ1) is 30.1. The lowest BCUT2D eigenvalue weighted by molar-refractivity contribution is 0.0290. The number of aliphatic hydroxyl groups is 1. The Morgan fingerprint density at radius 1 is 1.16 bits per heavy atom. The molecule has 2 aliphatic heterocycles. The number of ether oxygens (including phenoxy) is 3. The highest BCUT2D eigenvalue weighted by atomic mass is 35.6. The van der Waals surface area contributed by atoms with Crippen molar-refractivity contribution in [2.75, 3.05) is 32.3 Å². The second-order valence-corrected chi connectivity index (χ2v) is 15.5. The van der Waals surface area contributed by atoms with Gasteiger partial charge in [-0.15, -0.1) is 0 Å². The van der Waals surface area contributed by atoms with Gasteiger partial charge in [0.15, 0.2) is 20.5 Å². The average Bonchev–Trinajstić information content (AvgIpc) is 3.14. The molecule has 3 rings (SSSR count). The maximum Gasteiger partial charge on any atom is 0.414 e. The second-order valence-electron chi connectivity index (χ2n) is 10.6. The van der Waals surface area contributed by atoms with Crippen molar-refractivity contribution in [3.05, 3.63) is 17.7 Å². The van der Waals surface area contributed by atoms with Crippen LogP contribution in [0.2, 0.25) is 13.1 Å². The Bertz CT molecular complexity index is 1020. The third-order valence-electron chi connectivity index (χ3n) is 6.40. The van der Waals surface area contributed by atoms with Gasteiger partial charge in [0.1, 0.15) is 6.61 Å². The van der Waals surface area contributed by atoms with Crippen LogP contribution in [-0.2, 0) is 9.16 Å². The molecule has 1 fully saturated rings. The standard InChI is InChI=1S/C24H35Cl3N2O7Si/c1-23(2,3)20(36-37(6)7)19-16-8-13(30)11-28(16)21(31)14-9-17(33-4)18(34-5)10-15(14)29(19)22(32)35-12-24(25,26)27/h9-10,13,16,19-20,30,37H,8,11-12H2,1-7H3/t13-,16+,19+,20?/m1/s1. The van der Waals surface area contributed by atoms with Crippen molar-refractivity contribution < 1.29 is 33.3 Å². The van der Waals surface area contributed by atoms with E-state index < -0.39 is 55.2 Å². The van der Waals surface area contributed by atoms with Gasteiger partial charge in [-0.3, -0.25) is 9.69 Å². The minimum absolute atomic E-state index is 0.112. The summed E-state index contributed by atoms with van der Waals surface area (Å²) in [6.07, 6.45) is -1.86. The van der Waals surface area contributed by atoms with E-state index in [2.05, 4.69) is 0 Å². The number of rotatable bonds is 6. The zero-order valence-corrected chi connectivity index (χ0v) is 25.5. The number of hydrogen-bond donors (Lipinski definition) is 1. The van der Waals surface area contributed by atoms with E-state index in [1.165, 1.54) is 25.2 Å². The molecular formula is C24H35Cl3N2O7Si. The molecule has 2 aliphatic rings. The summed E-state index contributed by atoms with van der Waals surface area (Å²) in [7, 11) is 1.27. The first-order valence-electron chi connectivity index (χ1n) is 12.0. The number of alkyl halides is 3. The fourth-order valence-electron chi connectivity index (χ4n) is 4.99. The second kappa shape index (κ2) is 11.4. The molecule has 0 spiro atoms. The van der Waals surface area contributed by atoms with E-state index in [1.54, 1.807) is 11.0 Å². The fraction of sp³-hybridized carbons (Fsp3) is 0.667. The lowest BCUT2D eigenvalue weighted by atomic mass is 9.80. The number of fused-ring (bicyclic) bond motifs is 2. The smallest absolute Gasteiger partial charge is 0.414 e. The minimum atomic E-state index is -1.84. The third kappa shape index (κ3) is 6.59. The van der Waals surface area contributed by atoms with Crippen LogP contribution in [0.5, 0.6) is 11.5 Å². The molecule has 1 N–H and O–H groups in total. The highest BCUT2D eigenvalue weighted by Gasteiger charge is 2.53. The Morgan fingerprint density at radius 2 is 1.76 bits per heavy atom. The van der Waals surface area contributed by atoms with E-state index in [4.69, 9.17) is 53.4 Å². The number of halogens is 3. The van der Waals surface area contributed by atoms with Crippen molar-refractivity contribution in [3.63, 3.8) is 0 Å². The summed E-state index contributed by atoms with van der Waals surface area (Å²) >= 11 is 17.7. The Morgan fingerprint density at radius 3 is 2.27 bits per heavy atom. The molecule has 0 aliphatic carbocycles. The van der Waals surface area contributed by atoms with Crippen molar-refractivity contribution in [1.82, 2.24) is 4.90 Å². The molecule has 1 aromatic rings. The summed E-state index contributed by atoms with van der Waals surface area (Å²) in [4.78, 5) is 30.7. The highest BCUT2D eigenvalue weighted by molar-refractivity contribution is 6.67. The summed E-state index contributed by atoms with van der Waals surface area (Å²) in [5.41, 5.74) is -0.00686. The first-order chi connectivity index (χ1) is 17.1. The van der Waals surface area contributed by atoms with Crippen molar-refractivity contribution in [2.24, 2.45) is 5.41 Å². The van der Waals surface area contributed by atoms with Crippen LogP contribution in [-0.4, -0.2) is 86.5 Å². The molecule has 13 heteroatoms. The third-order valence-corrected chi connectivity index (χ3v) is 7.57. The maximum atomic E-state index is 13.9. The number of amides is 2. The Balaban J connectivity index is 2.32. The molecule has 0 radical (unpaired) electrons. The van der Waals surface area contributed by atoms with Crippen LogP contribution in [0.15, 0.2) is 12.1 Å². The number of carbonyl (C=O) groups is 2. The fourth-order valence-corrected chi connectivity index (χ4v) is 6.31. The number of benzene rings is 1. The largest absolute Gasteiger partial charge is 0.493 e. The SMILES string of the molecule is COc1cc2c(cc1OC)N(C(=O)OCC(Cl)(Cl)Cl)[C@H](C(O[SiH](C)C)C(C)(C)C)[C@@H]1C[C@@H](O)CN1C2=O. The molecule has 1 aromatic carbocycles.